The van der Waals surface area contributed by atoms with Gasteiger partial charge in [-0.15, -0.1) is 11.3 Å². The van der Waals surface area contributed by atoms with E-state index in [9.17, 15) is 4.79 Å². The van der Waals surface area contributed by atoms with E-state index in [0.717, 1.165) is 16.8 Å². The Morgan fingerprint density at radius 3 is 2.72 bits per heavy atom. The Balaban J connectivity index is 1.60. The summed E-state index contributed by atoms with van der Waals surface area (Å²) in [6, 6.07) is 13.9. The zero-order chi connectivity index (χ0) is 17.8. The second-order valence-corrected chi connectivity index (χ2v) is 6.85. The molecule has 1 aromatic heterocycles. The Labute approximate surface area is 151 Å². The third kappa shape index (κ3) is 4.45. The number of thiazole rings is 1. The lowest BCUT2D eigenvalue weighted by Gasteiger charge is -2.06. The number of rotatable bonds is 5. The van der Waals surface area contributed by atoms with Gasteiger partial charge in [-0.1, -0.05) is 24.3 Å². The summed E-state index contributed by atoms with van der Waals surface area (Å²) in [5.74, 6) is 0.465. The van der Waals surface area contributed by atoms with Gasteiger partial charge in [0.05, 0.1) is 5.69 Å². The van der Waals surface area contributed by atoms with Crippen molar-refractivity contribution in [2.45, 2.75) is 20.8 Å². The van der Waals surface area contributed by atoms with Crippen LogP contribution in [0.2, 0.25) is 0 Å². The molecule has 0 fully saturated rings. The standard InChI is InChI=1S/C20H20N2O2S/c1-13-5-4-6-17(9-13)24-11-19(23)22-20-21-18(12-25-20)16-8-7-14(2)15(3)10-16/h4-10,12H,11H2,1-3H3,(H,21,22,23). The molecule has 3 rings (SSSR count). The van der Waals surface area contributed by atoms with Gasteiger partial charge >= 0.3 is 0 Å². The summed E-state index contributed by atoms with van der Waals surface area (Å²) in [5, 5.41) is 5.31. The molecule has 0 aliphatic rings. The Bertz CT molecular complexity index is 902. The van der Waals surface area contributed by atoms with Gasteiger partial charge < -0.3 is 4.74 Å². The van der Waals surface area contributed by atoms with E-state index in [1.54, 1.807) is 0 Å². The monoisotopic (exact) mass is 352 g/mol. The number of nitrogens with one attached hydrogen (secondary N) is 1. The maximum Gasteiger partial charge on any atom is 0.264 e. The predicted molar refractivity (Wildman–Crippen MR) is 102 cm³/mol. The molecule has 0 spiro atoms. The molecule has 0 saturated carbocycles. The van der Waals surface area contributed by atoms with E-state index in [2.05, 4.69) is 36.3 Å². The number of hydrogen-bond donors (Lipinski definition) is 1. The summed E-state index contributed by atoms with van der Waals surface area (Å²) in [5.41, 5.74) is 5.48. The molecule has 0 unspecified atom stereocenters. The van der Waals surface area contributed by atoms with Gasteiger partial charge in [0.25, 0.3) is 5.91 Å². The van der Waals surface area contributed by atoms with Crippen LogP contribution in [0.4, 0.5) is 5.13 Å². The molecule has 4 nitrogen and oxygen atoms in total. The van der Waals surface area contributed by atoms with E-state index in [0.29, 0.717) is 10.9 Å². The number of carbonyl (C=O) groups is 1. The van der Waals surface area contributed by atoms with Gasteiger partial charge in [-0.3, -0.25) is 10.1 Å². The van der Waals surface area contributed by atoms with Crippen LogP contribution in [0.5, 0.6) is 5.75 Å². The summed E-state index contributed by atoms with van der Waals surface area (Å²) in [4.78, 5) is 16.5. The third-order valence-corrected chi connectivity index (χ3v) is 4.67. The number of carbonyl (C=O) groups excluding carboxylic acids is 1. The van der Waals surface area contributed by atoms with Crippen molar-refractivity contribution in [1.82, 2.24) is 4.98 Å². The fourth-order valence-electron chi connectivity index (χ4n) is 2.37. The van der Waals surface area contributed by atoms with E-state index < -0.39 is 0 Å². The van der Waals surface area contributed by atoms with E-state index in [1.807, 2.05) is 42.6 Å². The first-order valence-electron chi connectivity index (χ1n) is 8.04. The van der Waals surface area contributed by atoms with Crippen LogP contribution in [0.1, 0.15) is 16.7 Å². The van der Waals surface area contributed by atoms with Crippen LogP contribution in [-0.2, 0) is 4.79 Å². The average Bonchev–Trinajstić information content (AvgIpc) is 3.04. The molecule has 0 bridgehead atoms. The van der Waals surface area contributed by atoms with Crippen molar-refractivity contribution >= 4 is 22.4 Å². The molecule has 25 heavy (non-hydrogen) atoms. The number of anilines is 1. The first-order chi connectivity index (χ1) is 12.0. The molecule has 3 aromatic rings. The number of aromatic nitrogens is 1. The minimum atomic E-state index is -0.220. The van der Waals surface area contributed by atoms with Crippen molar-refractivity contribution < 1.29 is 9.53 Å². The van der Waals surface area contributed by atoms with Gasteiger partial charge in [-0.2, -0.15) is 0 Å². The molecule has 128 valence electrons. The Morgan fingerprint density at radius 2 is 1.96 bits per heavy atom. The number of nitrogens with zero attached hydrogens (tertiary/aromatic N) is 1. The normalized spacial score (nSPS) is 10.5. The highest BCUT2D eigenvalue weighted by Gasteiger charge is 2.09. The zero-order valence-corrected chi connectivity index (χ0v) is 15.3. The van der Waals surface area contributed by atoms with E-state index >= 15 is 0 Å². The molecular weight excluding hydrogens is 332 g/mol. The molecule has 0 atom stereocenters. The number of amides is 1. The number of hydrogen-bond acceptors (Lipinski definition) is 4. The van der Waals surface area contributed by atoms with Crippen molar-refractivity contribution in [1.29, 1.82) is 0 Å². The summed E-state index contributed by atoms with van der Waals surface area (Å²) in [7, 11) is 0. The second-order valence-electron chi connectivity index (χ2n) is 5.99. The average molecular weight is 352 g/mol. The largest absolute Gasteiger partial charge is 0.484 e. The SMILES string of the molecule is Cc1cccc(OCC(=O)Nc2nc(-c3ccc(C)c(C)c3)cs2)c1. The van der Waals surface area contributed by atoms with E-state index in [1.165, 1.54) is 22.5 Å². The van der Waals surface area contributed by atoms with Gasteiger partial charge in [-0.05, 0) is 55.7 Å². The fourth-order valence-corrected chi connectivity index (χ4v) is 3.11. The van der Waals surface area contributed by atoms with Crippen LogP contribution in [0, 0.1) is 20.8 Å². The van der Waals surface area contributed by atoms with Crippen molar-refractivity contribution in [2.75, 3.05) is 11.9 Å². The lowest BCUT2D eigenvalue weighted by molar-refractivity contribution is -0.118. The van der Waals surface area contributed by atoms with Crippen LogP contribution >= 0.6 is 11.3 Å². The zero-order valence-electron chi connectivity index (χ0n) is 14.5. The van der Waals surface area contributed by atoms with Gasteiger partial charge in [-0.25, -0.2) is 4.98 Å². The molecule has 1 amide bonds. The highest BCUT2D eigenvalue weighted by molar-refractivity contribution is 7.14. The van der Waals surface area contributed by atoms with Crippen LogP contribution in [0.15, 0.2) is 47.8 Å². The van der Waals surface area contributed by atoms with Crippen molar-refractivity contribution in [3.8, 4) is 17.0 Å². The van der Waals surface area contributed by atoms with Crippen LogP contribution in [0.3, 0.4) is 0 Å². The van der Waals surface area contributed by atoms with Crippen molar-refractivity contribution in [3.63, 3.8) is 0 Å². The van der Waals surface area contributed by atoms with E-state index in [-0.39, 0.29) is 12.5 Å². The Kier molecular flexibility index (Phi) is 5.14. The molecule has 1 heterocycles. The van der Waals surface area contributed by atoms with Gasteiger partial charge in [0.2, 0.25) is 0 Å². The van der Waals surface area contributed by atoms with Crippen LogP contribution in [0.25, 0.3) is 11.3 Å². The molecule has 2 aromatic carbocycles. The molecule has 5 heteroatoms. The quantitative estimate of drug-likeness (QED) is 0.721. The molecule has 0 aliphatic heterocycles. The molecule has 1 N–H and O–H groups in total. The van der Waals surface area contributed by atoms with Crippen LogP contribution < -0.4 is 10.1 Å². The molecule has 0 radical (unpaired) electrons. The lowest BCUT2D eigenvalue weighted by atomic mass is 10.1. The Hall–Kier alpha value is -2.66. The topological polar surface area (TPSA) is 51.2 Å². The third-order valence-electron chi connectivity index (χ3n) is 3.91. The lowest BCUT2D eigenvalue weighted by Crippen LogP contribution is -2.20. The summed E-state index contributed by atoms with van der Waals surface area (Å²) in [6.45, 7) is 6.11. The fraction of sp³-hybridized carbons (Fsp3) is 0.200. The summed E-state index contributed by atoms with van der Waals surface area (Å²) >= 11 is 1.41. The first-order valence-corrected chi connectivity index (χ1v) is 8.92. The van der Waals surface area contributed by atoms with Gasteiger partial charge in [0, 0.05) is 10.9 Å². The number of ether oxygens (including phenoxy) is 1. The molecule has 0 aliphatic carbocycles. The predicted octanol–water partition coefficient (Wildman–Crippen LogP) is 4.75. The minimum Gasteiger partial charge on any atom is -0.484 e. The minimum absolute atomic E-state index is 0.0397. The highest BCUT2D eigenvalue weighted by atomic mass is 32.1. The van der Waals surface area contributed by atoms with Gasteiger partial charge in [0.1, 0.15) is 5.75 Å². The maximum atomic E-state index is 12.0. The Morgan fingerprint density at radius 1 is 1.12 bits per heavy atom. The van der Waals surface area contributed by atoms with Crippen molar-refractivity contribution in [2.24, 2.45) is 0 Å². The summed E-state index contributed by atoms with van der Waals surface area (Å²) < 4.78 is 5.51. The smallest absolute Gasteiger partial charge is 0.264 e. The maximum absolute atomic E-state index is 12.0. The first kappa shape index (κ1) is 17.2. The number of aryl methyl sites for hydroxylation is 3. The summed E-state index contributed by atoms with van der Waals surface area (Å²) in [6.07, 6.45) is 0. The highest BCUT2D eigenvalue weighted by Crippen LogP contribution is 2.26. The second kappa shape index (κ2) is 7.49. The number of benzene rings is 2. The van der Waals surface area contributed by atoms with Crippen molar-refractivity contribution in [3.05, 3.63) is 64.5 Å². The van der Waals surface area contributed by atoms with Crippen LogP contribution in [-0.4, -0.2) is 17.5 Å². The van der Waals surface area contributed by atoms with Gasteiger partial charge in [0.15, 0.2) is 11.7 Å². The molecular formula is C20H20N2O2S. The van der Waals surface area contributed by atoms with E-state index in [4.69, 9.17) is 4.74 Å². The molecule has 0 saturated heterocycles.